The van der Waals surface area contributed by atoms with Gasteiger partial charge in [-0.3, -0.25) is 26.0 Å². The van der Waals surface area contributed by atoms with Gasteiger partial charge in [-0.25, -0.2) is 17.6 Å². The summed E-state index contributed by atoms with van der Waals surface area (Å²) in [5.41, 5.74) is 0.861. The van der Waals surface area contributed by atoms with Gasteiger partial charge in [-0.1, -0.05) is 11.6 Å². The Kier molecular flexibility index (Phi) is 8.23. The van der Waals surface area contributed by atoms with Crippen LogP contribution in [0.2, 0.25) is 5.02 Å². The predicted molar refractivity (Wildman–Crippen MR) is 127 cm³/mol. The van der Waals surface area contributed by atoms with Gasteiger partial charge in [0.25, 0.3) is 5.91 Å². The molecule has 2 aromatic rings. The molecule has 0 spiro atoms. The first kappa shape index (κ1) is 27.8. The monoisotopic (exact) mass is 530 g/mol. The lowest BCUT2D eigenvalue weighted by atomic mass is 9.82. The zero-order chi connectivity index (χ0) is 26.8. The van der Waals surface area contributed by atoms with Gasteiger partial charge in [-0.2, -0.15) is 5.12 Å². The van der Waals surface area contributed by atoms with Crippen molar-refractivity contribution in [1.82, 2.24) is 20.8 Å². The molecule has 1 amide bonds. The highest BCUT2D eigenvalue weighted by molar-refractivity contribution is 6.31. The summed E-state index contributed by atoms with van der Waals surface area (Å²) >= 11 is 6.04. The summed E-state index contributed by atoms with van der Waals surface area (Å²) in [4.78, 5) is 20.7. The minimum absolute atomic E-state index is 0.0224. The molecule has 0 radical (unpaired) electrons. The molecule has 13 heteroatoms. The van der Waals surface area contributed by atoms with E-state index in [2.05, 4.69) is 20.7 Å². The number of aliphatic hydroxyl groups is 1. The van der Waals surface area contributed by atoms with Gasteiger partial charge in [0.2, 0.25) is 5.92 Å². The number of amides is 1. The van der Waals surface area contributed by atoms with E-state index in [0.29, 0.717) is 0 Å². The number of nitrogens with two attached hydrogens (primary N) is 1. The van der Waals surface area contributed by atoms with Crippen LogP contribution in [0.3, 0.4) is 0 Å². The lowest BCUT2D eigenvalue weighted by Gasteiger charge is -2.35. The number of aliphatic imine (C=N–C) groups is 1. The van der Waals surface area contributed by atoms with Crippen LogP contribution in [0.25, 0.3) is 11.1 Å². The number of alkyl halides is 2. The second kappa shape index (κ2) is 10.7. The van der Waals surface area contributed by atoms with E-state index in [1.165, 1.54) is 33.3 Å². The molecule has 1 atom stereocenters. The van der Waals surface area contributed by atoms with E-state index in [0.717, 1.165) is 17.3 Å². The Balaban J connectivity index is 1.89. The van der Waals surface area contributed by atoms with E-state index in [1.54, 1.807) is 0 Å². The second-order valence-electron chi connectivity index (χ2n) is 8.78. The van der Waals surface area contributed by atoms with Gasteiger partial charge in [-0.05, 0) is 43.5 Å². The number of halogens is 5. The van der Waals surface area contributed by atoms with Crippen LogP contribution >= 0.6 is 11.6 Å². The topological polar surface area (TPSA) is 116 Å². The van der Waals surface area contributed by atoms with Gasteiger partial charge in [0.05, 0.1) is 17.3 Å². The van der Waals surface area contributed by atoms with Gasteiger partial charge in [0.1, 0.15) is 23.1 Å². The maximum absolute atomic E-state index is 15.1. The van der Waals surface area contributed by atoms with Crippen molar-refractivity contribution in [1.29, 1.82) is 0 Å². The second-order valence-corrected chi connectivity index (χ2v) is 9.22. The molecule has 1 heterocycles. The molecule has 1 fully saturated rings. The number of hydrogen-bond acceptors (Lipinski definition) is 6. The number of carbonyl (C=O) groups excluding carboxylic acids is 1. The van der Waals surface area contributed by atoms with Gasteiger partial charge >= 0.3 is 0 Å². The van der Waals surface area contributed by atoms with Crippen LogP contribution in [0.5, 0.6) is 0 Å². The molecule has 5 N–H and O–H groups in total. The van der Waals surface area contributed by atoms with E-state index in [9.17, 15) is 23.1 Å². The van der Waals surface area contributed by atoms with Crippen LogP contribution < -0.4 is 16.6 Å². The number of aromatic nitrogens is 1. The standard InChI is InChI=1S/C23H27ClF4N6O2/c1-12(32-21(35)22(36)4-6-23(27,28)7-5-22)19-17(26)8-13(11-31-19)15-9-14(24)10-16(25)18(15)20(30-2)33-34(3)29/h8-12,36H,4-7,29H2,1-3H3,(H,30,33)(H,32,35)/t12-/m1/s1. The van der Waals surface area contributed by atoms with Crippen molar-refractivity contribution >= 4 is 23.3 Å². The Bertz CT molecular complexity index is 1170. The molecule has 36 heavy (non-hydrogen) atoms. The van der Waals surface area contributed by atoms with E-state index >= 15 is 4.39 Å². The van der Waals surface area contributed by atoms with E-state index in [4.69, 9.17) is 17.4 Å². The van der Waals surface area contributed by atoms with Crippen molar-refractivity contribution in [2.75, 3.05) is 14.1 Å². The van der Waals surface area contributed by atoms with Crippen molar-refractivity contribution in [3.8, 4) is 11.1 Å². The molecular formula is C23H27ClF4N6O2. The zero-order valence-electron chi connectivity index (χ0n) is 19.9. The van der Waals surface area contributed by atoms with Crippen molar-refractivity contribution in [2.45, 2.75) is 50.2 Å². The number of rotatable bonds is 6. The number of amidine groups is 1. The average Bonchev–Trinajstić information content (AvgIpc) is 2.79. The van der Waals surface area contributed by atoms with Gasteiger partial charge in [0.15, 0.2) is 0 Å². The number of nitrogens with zero attached hydrogens (tertiary/aromatic N) is 3. The van der Waals surface area contributed by atoms with Crippen LogP contribution in [0.1, 0.15) is 49.9 Å². The number of hydrazine groups is 2. The Labute approximate surface area is 210 Å². The lowest BCUT2D eigenvalue weighted by molar-refractivity contribution is -0.154. The van der Waals surface area contributed by atoms with E-state index in [-0.39, 0.29) is 33.2 Å². The fraction of sp³-hybridized carbons (Fsp3) is 0.435. The number of carbonyl (C=O) groups is 1. The van der Waals surface area contributed by atoms with Crippen molar-refractivity contribution < 1.29 is 27.5 Å². The van der Waals surface area contributed by atoms with Crippen LogP contribution in [-0.2, 0) is 4.79 Å². The third-order valence-corrected chi connectivity index (χ3v) is 6.19. The average molecular weight is 531 g/mol. The maximum atomic E-state index is 15.1. The number of benzene rings is 1. The predicted octanol–water partition coefficient (Wildman–Crippen LogP) is 3.48. The summed E-state index contributed by atoms with van der Waals surface area (Å²) in [6, 6.07) is 2.59. The highest BCUT2D eigenvalue weighted by Crippen LogP contribution is 2.39. The minimum atomic E-state index is -2.93. The summed E-state index contributed by atoms with van der Waals surface area (Å²) in [5, 5.41) is 14.1. The van der Waals surface area contributed by atoms with Crippen molar-refractivity contribution in [2.24, 2.45) is 10.8 Å². The Morgan fingerprint density at radius 3 is 2.42 bits per heavy atom. The third kappa shape index (κ3) is 6.12. The van der Waals surface area contributed by atoms with Crippen molar-refractivity contribution in [3.63, 3.8) is 0 Å². The summed E-state index contributed by atoms with van der Waals surface area (Å²) in [5.74, 6) is 0.285. The van der Waals surface area contributed by atoms with E-state index in [1.807, 2.05) is 0 Å². The van der Waals surface area contributed by atoms with Gasteiger partial charge in [-0.15, -0.1) is 0 Å². The lowest BCUT2D eigenvalue weighted by Crippen LogP contribution is -2.51. The molecule has 1 aliphatic carbocycles. The molecule has 8 nitrogen and oxygen atoms in total. The Hall–Kier alpha value is -2.80. The fourth-order valence-corrected chi connectivity index (χ4v) is 4.20. The summed E-state index contributed by atoms with van der Waals surface area (Å²) in [6.45, 7) is 1.44. The number of pyridine rings is 1. The minimum Gasteiger partial charge on any atom is -0.380 e. The molecule has 1 saturated carbocycles. The van der Waals surface area contributed by atoms with Crippen LogP contribution in [0.15, 0.2) is 29.4 Å². The number of nitrogens with one attached hydrogen (secondary N) is 2. The highest BCUT2D eigenvalue weighted by atomic mass is 35.5. The zero-order valence-corrected chi connectivity index (χ0v) is 20.6. The van der Waals surface area contributed by atoms with E-state index < -0.39 is 60.8 Å². The maximum Gasteiger partial charge on any atom is 0.252 e. The molecule has 0 bridgehead atoms. The van der Waals surface area contributed by atoms with Crippen LogP contribution in [0, 0.1) is 11.6 Å². The normalized spacial score (nSPS) is 18.1. The molecule has 196 valence electrons. The first-order valence-corrected chi connectivity index (χ1v) is 11.4. The van der Waals surface area contributed by atoms with Gasteiger partial charge < -0.3 is 10.4 Å². The fourth-order valence-electron chi connectivity index (χ4n) is 4.00. The summed E-state index contributed by atoms with van der Waals surface area (Å²) in [7, 11) is 2.89. The first-order valence-electron chi connectivity index (χ1n) is 11.0. The molecular weight excluding hydrogens is 504 g/mol. The molecule has 1 aromatic heterocycles. The van der Waals surface area contributed by atoms with Crippen LogP contribution in [0.4, 0.5) is 17.6 Å². The van der Waals surface area contributed by atoms with Gasteiger partial charge in [0, 0.05) is 43.7 Å². The molecule has 0 saturated heterocycles. The molecule has 0 aliphatic heterocycles. The smallest absolute Gasteiger partial charge is 0.252 e. The SMILES string of the molecule is CN=C(NN(C)N)c1c(F)cc(Cl)cc1-c1cnc([C@@H](C)NC(=O)C2(O)CCC(F)(F)CC2)c(F)c1. The van der Waals surface area contributed by atoms with Crippen LogP contribution in [-0.4, -0.2) is 52.6 Å². The summed E-state index contributed by atoms with van der Waals surface area (Å²) in [6.07, 6.45) is -0.801. The number of hydrogen-bond donors (Lipinski definition) is 4. The van der Waals surface area contributed by atoms with Crippen molar-refractivity contribution in [3.05, 3.63) is 52.3 Å². The molecule has 1 aliphatic rings. The molecule has 3 rings (SSSR count). The Morgan fingerprint density at radius 1 is 1.22 bits per heavy atom. The molecule has 0 unspecified atom stereocenters. The first-order chi connectivity index (χ1) is 16.8. The largest absolute Gasteiger partial charge is 0.380 e. The Morgan fingerprint density at radius 2 is 1.86 bits per heavy atom. The quantitative estimate of drug-likeness (QED) is 0.149. The summed E-state index contributed by atoms with van der Waals surface area (Å²) < 4.78 is 56.9. The highest BCUT2D eigenvalue weighted by Gasteiger charge is 2.47. The third-order valence-electron chi connectivity index (χ3n) is 5.97. The molecule has 1 aromatic carbocycles.